The van der Waals surface area contributed by atoms with Crippen LogP contribution in [-0.4, -0.2) is 34.1 Å². The Hall–Kier alpha value is -3.38. The zero-order valence-corrected chi connectivity index (χ0v) is 16.4. The molecular weight excluding hydrogens is 364 g/mol. The number of nitrogen functional groups attached to an aromatic ring is 1. The van der Waals surface area contributed by atoms with Crippen molar-refractivity contribution in [3.63, 3.8) is 0 Å². The third-order valence-corrected chi connectivity index (χ3v) is 3.78. The van der Waals surface area contributed by atoms with Gasteiger partial charge in [0.15, 0.2) is 5.60 Å². The normalized spacial score (nSPS) is 10.9. The Labute approximate surface area is 161 Å². The first-order valence-electron chi connectivity index (χ1n) is 8.55. The van der Waals surface area contributed by atoms with E-state index in [1.54, 1.807) is 30.5 Å². The second kappa shape index (κ2) is 8.10. The third-order valence-electron chi connectivity index (χ3n) is 3.78. The molecule has 0 aliphatic heterocycles. The second-order valence-corrected chi connectivity index (χ2v) is 6.40. The number of hydrogen-bond acceptors (Lipinski definition) is 7. The molecule has 9 heteroatoms. The number of aryl methyl sites for hydroxylation is 1. The highest BCUT2D eigenvalue weighted by atomic mass is 17.2. The lowest BCUT2D eigenvalue weighted by molar-refractivity contribution is -0.308. The van der Waals surface area contributed by atoms with Gasteiger partial charge in [-0.15, -0.1) is 0 Å². The number of hydrogen-bond donors (Lipinski definition) is 2. The van der Waals surface area contributed by atoms with Gasteiger partial charge in [-0.3, -0.25) is 14.5 Å². The van der Waals surface area contributed by atoms with Crippen LogP contribution in [0.25, 0.3) is 11.0 Å². The number of fused-ring (bicyclic) bond motifs is 1. The molecule has 2 aromatic rings. The van der Waals surface area contributed by atoms with Gasteiger partial charge in [-0.2, -0.15) is 4.89 Å². The van der Waals surface area contributed by atoms with E-state index >= 15 is 0 Å². The van der Waals surface area contributed by atoms with Crippen LogP contribution in [0, 0.1) is 11.8 Å². The lowest BCUT2D eigenvalue weighted by Crippen LogP contribution is -2.30. The van der Waals surface area contributed by atoms with Crippen LogP contribution < -0.4 is 16.5 Å². The number of nitrogens with two attached hydrogens (primary N) is 1. The Kier molecular flexibility index (Phi) is 6.06. The van der Waals surface area contributed by atoms with Crippen LogP contribution in [0.15, 0.2) is 16.9 Å². The summed E-state index contributed by atoms with van der Waals surface area (Å²) in [6, 6.07) is 3.11. The molecule has 0 spiro atoms. The van der Waals surface area contributed by atoms with E-state index in [-0.39, 0.29) is 16.8 Å². The number of nitrogens with zero attached hydrogens (tertiary/aromatic N) is 2. The number of rotatable bonds is 4. The summed E-state index contributed by atoms with van der Waals surface area (Å²) in [5, 5.41) is 2.68. The Morgan fingerprint density at radius 1 is 1.36 bits per heavy atom. The van der Waals surface area contributed by atoms with Crippen molar-refractivity contribution in [2.45, 2.75) is 39.8 Å². The lowest BCUT2D eigenvalue weighted by Gasteiger charge is -2.15. The van der Waals surface area contributed by atoms with Crippen molar-refractivity contribution in [1.29, 1.82) is 0 Å². The van der Waals surface area contributed by atoms with E-state index in [9.17, 15) is 14.4 Å². The lowest BCUT2D eigenvalue weighted by atomic mass is 10.1. The van der Waals surface area contributed by atoms with E-state index in [4.69, 9.17) is 10.6 Å². The molecule has 0 fully saturated rings. The van der Waals surface area contributed by atoms with Crippen LogP contribution in [0.3, 0.4) is 0 Å². The highest BCUT2D eigenvalue weighted by Crippen LogP contribution is 2.18. The SMILES string of the molecule is CCn1c(N)c(C(=O)NC)c(=O)c2ccc(C#CC(C)(C)OOC(C)=O)nc21. The number of nitrogens with one attached hydrogen (secondary N) is 1. The molecule has 0 saturated carbocycles. The van der Waals surface area contributed by atoms with Crippen molar-refractivity contribution in [3.05, 3.63) is 33.6 Å². The fourth-order valence-corrected chi connectivity index (χ4v) is 2.46. The number of carbonyl (C=O) groups excluding carboxylic acids is 2. The standard InChI is InChI=1S/C19H22N4O5/c1-6-23-16(20)14(18(26)21-5)15(25)13-8-7-12(22-17(13)23)9-10-19(3,4)28-27-11(2)24/h7-8H,6,20H2,1-5H3,(H,21,26). The average Bonchev–Trinajstić information content (AvgIpc) is 2.65. The van der Waals surface area contributed by atoms with Gasteiger partial charge in [0, 0.05) is 20.5 Å². The van der Waals surface area contributed by atoms with Crippen LogP contribution in [-0.2, 0) is 21.1 Å². The molecule has 0 radical (unpaired) electrons. The molecule has 3 N–H and O–H groups in total. The molecule has 0 aromatic carbocycles. The predicted molar refractivity (Wildman–Crippen MR) is 103 cm³/mol. The monoisotopic (exact) mass is 386 g/mol. The summed E-state index contributed by atoms with van der Waals surface area (Å²) in [5.74, 6) is 4.52. The Morgan fingerprint density at radius 3 is 2.61 bits per heavy atom. The van der Waals surface area contributed by atoms with Gasteiger partial charge in [0.2, 0.25) is 5.43 Å². The highest BCUT2D eigenvalue weighted by molar-refractivity contribution is 6.01. The predicted octanol–water partition coefficient (Wildman–Crippen LogP) is 0.983. The van der Waals surface area contributed by atoms with Crippen LogP contribution in [0.4, 0.5) is 5.82 Å². The quantitative estimate of drug-likeness (QED) is 0.456. The number of pyridine rings is 2. The van der Waals surface area contributed by atoms with Crippen LogP contribution >= 0.6 is 0 Å². The van der Waals surface area contributed by atoms with Crippen molar-refractivity contribution in [2.24, 2.45) is 0 Å². The zero-order valence-electron chi connectivity index (χ0n) is 16.4. The first kappa shape index (κ1) is 20.9. The molecule has 2 heterocycles. The summed E-state index contributed by atoms with van der Waals surface area (Å²) < 4.78 is 1.58. The van der Waals surface area contributed by atoms with E-state index < -0.39 is 22.9 Å². The van der Waals surface area contributed by atoms with Crippen molar-refractivity contribution < 1.29 is 19.4 Å². The van der Waals surface area contributed by atoms with Crippen LogP contribution in [0.5, 0.6) is 0 Å². The van der Waals surface area contributed by atoms with Gasteiger partial charge in [-0.1, -0.05) is 5.92 Å². The Bertz CT molecular complexity index is 1060. The molecule has 0 unspecified atom stereocenters. The molecule has 1 amide bonds. The van der Waals surface area contributed by atoms with Crippen molar-refractivity contribution in [3.8, 4) is 11.8 Å². The van der Waals surface area contributed by atoms with Crippen molar-refractivity contribution in [1.82, 2.24) is 14.9 Å². The summed E-state index contributed by atoms with van der Waals surface area (Å²) in [6.45, 7) is 6.69. The summed E-state index contributed by atoms with van der Waals surface area (Å²) in [4.78, 5) is 49.5. The second-order valence-electron chi connectivity index (χ2n) is 6.40. The molecule has 148 valence electrons. The molecule has 28 heavy (non-hydrogen) atoms. The van der Waals surface area contributed by atoms with Gasteiger partial charge in [0.05, 0.1) is 5.39 Å². The van der Waals surface area contributed by atoms with E-state index in [1.807, 2.05) is 6.92 Å². The van der Waals surface area contributed by atoms with Crippen LogP contribution in [0.2, 0.25) is 0 Å². The van der Waals surface area contributed by atoms with Gasteiger partial charge in [-0.05, 0) is 38.8 Å². The van der Waals surface area contributed by atoms with Crippen molar-refractivity contribution in [2.75, 3.05) is 12.8 Å². The Balaban J connectivity index is 2.58. The first-order chi connectivity index (χ1) is 13.1. The minimum atomic E-state index is -1.06. The molecule has 0 bridgehead atoms. The van der Waals surface area contributed by atoms with Gasteiger partial charge in [0.1, 0.15) is 22.7 Å². The topological polar surface area (TPSA) is 126 Å². The molecule has 2 aromatic heterocycles. The van der Waals surface area contributed by atoms with Crippen molar-refractivity contribution >= 4 is 28.7 Å². The molecule has 0 aliphatic rings. The summed E-state index contributed by atoms with van der Waals surface area (Å²) in [5.41, 5.74) is 5.06. The third kappa shape index (κ3) is 4.29. The molecule has 0 aliphatic carbocycles. The summed E-state index contributed by atoms with van der Waals surface area (Å²) >= 11 is 0. The maximum absolute atomic E-state index is 12.7. The molecule has 0 saturated heterocycles. The summed E-state index contributed by atoms with van der Waals surface area (Å²) in [7, 11) is 1.43. The molecular formula is C19H22N4O5. The van der Waals surface area contributed by atoms with Gasteiger partial charge >= 0.3 is 5.97 Å². The Morgan fingerprint density at radius 2 is 2.04 bits per heavy atom. The fraction of sp³-hybridized carbons (Fsp3) is 0.368. The van der Waals surface area contributed by atoms with Gasteiger partial charge in [0.25, 0.3) is 5.91 Å². The number of anilines is 1. The molecule has 0 atom stereocenters. The minimum Gasteiger partial charge on any atom is -0.384 e. The summed E-state index contributed by atoms with van der Waals surface area (Å²) in [6.07, 6.45) is 0. The van der Waals surface area contributed by atoms with E-state index in [1.165, 1.54) is 14.0 Å². The fourth-order valence-electron chi connectivity index (χ4n) is 2.46. The zero-order chi connectivity index (χ0) is 21.1. The van der Waals surface area contributed by atoms with E-state index in [0.29, 0.717) is 17.9 Å². The minimum absolute atomic E-state index is 0.0375. The number of amides is 1. The smallest absolute Gasteiger partial charge is 0.339 e. The van der Waals surface area contributed by atoms with E-state index in [2.05, 4.69) is 27.0 Å². The maximum atomic E-state index is 12.7. The van der Waals surface area contributed by atoms with Gasteiger partial charge < -0.3 is 15.6 Å². The number of carbonyl (C=O) groups is 2. The van der Waals surface area contributed by atoms with Crippen LogP contribution in [0.1, 0.15) is 43.7 Å². The highest BCUT2D eigenvalue weighted by Gasteiger charge is 2.21. The molecule has 2 rings (SSSR count). The van der Waals surface area contributed by atoms with Gasteiger partial charge in [-0.25, -0.2) is 9.78 Å². The number of aromatic nitrogens is 2. The average molecular weight is 386 g/mol. The first-order valence-corrected chi connectivity index (χ1v) is 8.55. The molecule has 9 nitrogen and oxygen atoms in total. The maximum Gasteiger partial charge on any atom is 0.339 e. The largest absolute Gasteiger partial charge is 0.384 e. The van der Waals surface area contributed by atoms with E-state index in [0.717, 1.165) is 0 Å².